The molecule has 0 radical (unpaired) electrons. The van der Waals surface area contributed by atoms with Crippen molar-refractivity contribution in [1.82, 2.24) is 5.32 Å². The van der Waals surface area contributed by atoms with Crippen molar-refractivity contribution in [3.8, 4) is 0 Å². The second-order valence-electron chi connectivity index (χ2n) is 4.01. The molecule has 1 nitrogen and oxygen atoms in total. The van der Waals surface area contributed by atoms with Crippen molar-refractivity contribution in [2.45, 2.75) is 18.0 Å². The molecule has 1 aromatic carbocycles. The Hall–Kier alpha value is -0.550. The van der Waals surface area contributed by atoms with E-state index < -0.39 is 11.6 Å². The normalized spacial score (nSPS) is 26.0. The Morgan fingerprint density at radius 3 is 2.25 bits per heavy atom. The van der Waals surface area contributed by atoms with Crippen LogP contribution in [0.1, 0.15) is 12.0 Å². The van der Waals surface area contributed by atoms with E-state index in [1.807, 2.05) is 0 Å². The topological polar surface area (TPSA) is 12.0 Å². The van der Waals surface area contributed by atoms with Crippen LogP contribution >= 0.6 is 15.9 Å². The van der Waals surface area contributed by atoms with Crippen molar-refractivity contribution in [1.29, 1.82) is 0 Å². The van der Waals surface area contributed by atoms with E-state index in [0.717, 1.165) is 4.47 Å². The van der Waals surface area contributed by atoms with E-state index in [4.69, 9.17) is 0 Å². The minimum absolute atomic E-state index is 0.0296. The van der Waals surface area contributed by atoms with Crippen LogP contribution in [0.15, 0.2) is 28.7 Å². The summed E-state index contributed by atoms with van der Waals surface area (Å²) in [4.78, 5) is 0. The van der Waals surface area contributed by atoms with Crippen molar-refractivity contribution in [3.05, 3.63) is 34.3 Å². The Bertz CT molecular complexity index is 366. The molecule has 0 aromatic heterocycles. The summed E-state index contributed by atoms with van der Waals surface area (Å²) in [5, 5.41) is 2.80. The van der Waals surface area contributed by atoms with Gasteiger partial charge in [0.2, 0.25) is 0 Å². The fourth-order valence-electron chi connectivity index (χ4n) is 2.11. The number of rotatable bonds is 1. The van der Waals surface area contributed by atoms with Gasteiger partial charge in [0.25, 0.3) is 0 Å². The maximum atomic E-state index is 13.2. The number of halogens is 4. The summed E-state index contributed by atoms with van der Waals surface area (Å²) in [5.41, 5.74) is -1.37. The molecule has 88 valence electrons. The van der Waals surface area contributed by atoms with Crippen LogP contribution in [0.2, 0.25) is 0 Å². The third-order valence-electron chi connectivity index (χ3n) is 3.09. The molecule has 0 amide bonds. The second-order valence-corrected chi connectivity index (χ2v) is 4.93. The lowest BCUT2D eigenvalue weighted by Gasteiger charge is -2.31. The van der Waals surface area contributed by atoms with Gasteiger partial charge in [0.05, 0.1) is 0 Å². The SMILES string of the molecule is FC(F)(F)C1(c2ccc(Br)cc2)CCNC1. The molecule has 0 bridgehead atoms. The molecule has 1 aromatic rings. The van der Waals surface area contributed by atoms with Crippen LogP contribution in [0.4, 0.5) is 13.2 Å². The molecule has 0 spiro atoms. The van der Waals surface area contributed by atoms with Crippen molar-refractivity contribution >= 4 is 15.9 Å². The van der Waals surface area contributed by atoms with Gasteiger partial charge in [-0.1, -0.05) is 28.1 Å². The Kier molecular flexibility index (Phi) is 3.01. The number of hydrogen-bond acceptors (Lipinski definition) is 1. The van der Waals surface area contributed by atoms with Crippen LogP contribution in [0.25, 0.3) is 0 Å². The van der Waals surface area contributed by atoms with E-state index in [9.17, 15) is 13.2 Å². The summed E-state index contributed by atoms with van der Waals surface area (Å²) in [6.45, 7) is 0.383. The minimum atomic E-state index is -4.20. The Balaban J connectivity index is 2.44. The summed E-state index contributed by atoms with van der Waals surface area (Å²) in [5.74, 6) is 0. The average Bonchev–Trinajstić information content (AvgIpc) is 2.68. The first-order chi connectivity index (χ1) is 7.46. The Morgan fingerprint density at radius 1 is 1.19 bits per heavy atom. The molecule has 1 aliphatic heterocycles. The summed E-state index contributed by atoms with van der Waals surface area (Å²) in [6, 6.07) is 6.40. The minimum Gasteiger partial charge on any atom is -0.315 e. The lowest BCUT2D eigenvalue weighted by Crippen LogP contribution is -2.44. The van der Waals surface area contributed by atoms with Gasteiger partial charge in [-0.3, -0.25) is 0 Å². The van der Waals surface area contributed by atoms with Crippen molar-refractivity contribution < 1.29 is 13.2 Å². The summed E-state index contributed by atoms with van der Waals surface area (Å²) in [6.07, 6.45) is -4.09. The highest BCUT2D eigenvalue weighted by atomic mass is 79.9. The standard InChI is InChI=1S/C11H11BrF3N/c12-9-3-1-8(2-4-9)10(11(13,14)15)5-6-16-7-10/h1-4,16H,5-7H2. The van der Waals surface area contributed by atoms with Gasteiger partial charge in [-0.25, -0.2) is 0 Å². The van der Waals surface area contributed by atoms with E-state index in [0.29, 0.717) is 12.1 Å². The molecule has 1 atom stereocenters. The third-order valence-corrected chi connectivity index (χ3v) is 3.62. The lowest BCUT2D eigenvalue weighted by molar-refractivity contribution is -0.184. The predicted molar refractivity (Wildman–Crippen MR) is 59.4 cm³/mol. The Morgan fingerprint density at radius 2 is 1.81 bits per heavy atom. The molecular formula is C11H11BrF3N. The number of benzene rings is 1. The van der Waals surface area contributed by atoms with Crippen LogP contribution in [-0.4, -0.2) is 19.3 Å². The maximum absolute atomic E-state index is 13.2. The monoisotopic (exact) mass is 293 g/mol. The van der Waals surface area contributed by atoms with Crippen molar-refractivity contribution in [2.24, 2.45) is 0 Å². The summed E-state index contributed by atoms with van der Waals surface area (Å²) < 4.78 is 40.2. The zero-order valence-electron chi connectivity index (χ0n) is 8.44. The molecule has 2 rings (SSSR count). The van der Waals surface area contributed by atoms with Gasteiger partial charge in [-0.2, -0.15) is 13.2 Å². The third kappa shape index (κ3) is 1.86. The number of nitrogens with one attached hydrogen (secondary N) is 1. The highest BCUT2D eigenvalue weighted by Crippen LogP contribution is 2.45. The molecule has 0 aliphatic carbocycles. The van der Waals surface area contributed by atoms with E-state index in [1.54, 1.807) is 24.3 Å². The van der Waals surface area contributed by atoms with Crippen LogP contribution in [0.3, 0.4) is 0 Å². The molecule has 1 saturated heterocycles. The zero-order valence-corrected chi connectivity index (χ0v) is 10.0. The van der Waals surface area contributed by atoms with Crippen LogP contribution in [-0.2, 0) is 5.41 Å². The summed E-state index contributed by atoms with van der Waals surface area (Å²) in [7, 11) is 0. The molecule has 1 aliphatic rings. The van der Waals surface area contributed by atoms with E-state index >= 15 is 0 Å². The van der Waals surface area contributed by atoms with Gasteiger partial charge in [-0.15, -0.1) is 0 Å². The predicted octanol–water partition coefficient (Wildman–Crippen LogP) is 3.24. The molecule has 1 N–H and O–H groups in total. The molecule has 16 heavy (non-hydrogen) atoms. The van der Waals surface area contributed by atoms with Gasteiger partial charge in [0.15, 0.2) is 0 Å². The number of alkyl halides is 3. The summed E-state index contributed by atoms with van der Waals surface area (Å²) >= 11 is 3.23. The fraction of sp³-hybridized carbons (Fsp3) is 0.455. The molecule has 1 unspecified atom stereocenters. The second kappa shape index (κ2) is 4.04. The Labute approximate surface area is 100 Å². The van der Waals surface area contributed by atoms with Crippen LogP contribution in [0, 0.1) is 0 Å². The number of hydrogen-bond donors (Lipinski definition) is 1. The molecule has 1 heterocycles. The molecule has 0 saturated carbocycles. The van der Waals surface area contributed by atoms with Gasteiger partial charge >= 0.3 is 6.18 Å². The highest BCUT2D eigenvalue weighted by Gasteiger charge is 2.56. The van der Waals surface area contributed by atoms with Gasteiger partial charge in [-0.05, 0) is 30.7 Å². The maximum Gasteiger partial charge on any atom is 0.399 e. The first-order valence-electron chi connectivity index (χ1n) is 4.99. The van der Waals surface area contributed by atoms with Crippen molar-refractivity contribution in [3.63, 3.8) is 0 Å². The van der Waals surface area contributed by atoms with Crippen LogP contribution in [0.5, 0.6) is 0 Å². The first-order valence-corrected chi connectivity index (χ1v) is 5.78. The molecular weight excluding hydrogens is 283 g/mol. The highest BCUT2D eigenvalue weighted by molar-refractivity contribution is 9.10. The van der Waals surface area contributed by atoms with E-state index in [1.165, 1.54) is 0 Å². The van der Waals surface area contributed by atoms with Crippen LogP contribution < -0.4 is 5.32 Å². The van der Waals surface area contributed by atoms with Crippen molar-refractivity contribution in [2.75, 3.05) is 13.1 Å². The lowest BCUT2D eigenvalue weighted by atomic mass is 9.79. The first kappa shape index (κ1) is 11.9. The smallest absolute Gasteiger partial charge is 0.315 e. The zero-order chi connectivity index (χ0) is 11.8. The largest absolute Gasteiger partial charge is 0.399 e. The van der Waals surface area contributed by atoms with Gasteiger partial charge in [0, 0.05) is 11.0 Å². The van der Waals surface area contributed by atoms with Gasteiger partial charge < -0.3 is 5.32 Å². The quantitative estimate of drug-likeness (QED) is 0.838. The van der Waals surface area contributed by atoms with Gasteiger partial charge in [0.1, 0.15) is 5.41 Å². The average molecular weight is 294 g/mol. The fourth-order valence-corrected chi connectivity index (χ4v) is 2.38. The molecule has 5 heteroatoms. The van der Waals surface area contributed by atoms with E-state index in [2.05, 4.69) is 21.2 Å². The molecule has 1 fully saturated rings. The van der Waals surface area contributed by atoms with E-state index in [-0.39, 0.29) is 13.0 Å².